The van der Waals surface area contributed by atoms with Crippen molar-refractivity contribution in [2.45, 2.75) is 30.3 Å². The number of primary sulfonamides is 1. The number of benzene rings is 2. The van der Waals surface area contributed by atoms with Crippen LogP contribution in [0.5, 0.6) is 0 Å². The summed E-state index contributed by atoms with van der Waals surface area (Å²) >= 11 is 0. The number of anilines is 2. The Hall–Kier alpha value is -2.26. The zero-order valence-electron chi connectivity index (χ0n) is 16.4. The third kappa shape index (κ3) is 4.27. The quantitative estimate of drug-likeness (QED) is 0.790. The van der Waals surface area contributed by atoms with E-state index in [0.717, 1.165) is 38.4 Å². The normalized spacial score (nSPS) is 18.0. The van der Waals surface area contributed by atoms with Crippen LogP contribution in [-0.4, -0.2) is 34.6 Å². The minimum atomic E-state index is -4.66. The summed E-state index contributed by atoms with van der Waals surface area (Å²) in [5, 5.41) is 5.01. The monoisotopic (exact) mass is 439 g/mol. The van der Waals surface area contributed by atoms with Gasteiger partial charge >= 0.3 is 6.18 Å². The summed E-state index contributed by atoms with van der Waals surface area (Å²) in [6, 6.07) is 11.3. The maximum absolute atomic E-state index is 13.6. The fourth-order valence-electron chi connectivity index (χ4n) is 4.46. The Morgan fingerprint density at radius 1 is 1.00 bits per heavy atom. The van der Waals surface area contributed by atoms with Gasteiger partial charge in [0.25, 0.3) is 0 Å². The fourth-order valence-corrected chi connectivity index (χ4v) is 5.00. The molecule has 9 heteroatoms. The topological polar surface area (TPSA) is 66.6 Å². The first-order chi connectivity index (χ1) is 14.1. The molecule has 2 N–H and O–H groups in total. The van der Waals surface area contributed by atoms with Gasteiger partial charge in [-0.05, 0) is 55.0 Å². The van der Waals surface area contributed by atoms with Crippen molar-refractivity contribution in [3.63, 3.8) is 0 Å². The minimum Gasteiger partial charge on any atom is -0.371 e. The van der Waals surface area contributed by atoms with Crippen molar-refractivity contribution in [2.24, 2.45) is 11.1 Å². The molecule has 0 aromatic heterocycles. The third-order valence-electron chi connectivity index (χ3n) is 6.02. The van der Waals surface area contributed by atoms with Gasteiger partial charge in [0, 0.05) is 37.6 Å². The molecule has 1 saturated heterocycles. The molecule has 1 fully saturated rings. The molecule has 0 aliphatic carbocycles. The molecule has 5 nitrogen and oxygen atoms in total. The predicted octanol–water partition coefficient (Wildman–Crippen LogP) is 3.63. The molecular weight excluding hydrogens is 415 g/mol. The molecule has 2 heterocycles. The van der Waals surface area contributed by atoms with E-state index in [0.29, 0.717) is 25.1 Å². The standard InChI is InChI=1S/C21H24F3N3O2S/c22-21(23,24)18-13-17(30(25,28)29)5-6-20(18)26-10-7-15(8-11-26)14-27-12-9-16-3-1-2-4-19(16)27/h1-6,13,15H,7-12,14H2,(H2,25,28,29). The average molecular weight is 440 g/mol. The molecule has 30 heavy (non-hydrogen) atoms. The summed E-state index contributed by atoms with van der Waals surface area (Å²) in [5.41, 5.74) is 1.67. The zero-order valence-corrected chi connectivity index (χ0v) is 17.2. The van der Waals surface area contributed by atoms with Gasteiger partial charge in [-0.1, -0.05) is 18.2 Å². The smallest absolute Gasteiger partial charge is 0.371 e. The number of alkyl halides is 3. The lowest BCUT2D eigenvalue weighted by atomic mass is 9.95. The number of sulfonamides is 1. The number of rotatable bonds is 4. The largest absolute Gasteiger partial charge is 0.418 e. The van der Waals surface area contributed by atoms with E-state index >= 15 is 0 Å². The van der Waals surface area contributed by atoms with Crippen LogP contribution in [0.15, 0.2) is 47.4 Å². The first-order valence-corrected chi connectivity index (χ1v) is 11.5. The molecule has 4 rings (SSSR count). The van der Waals surface area contributed by atoms with Crippen molar-refractivity contribution in [3.05, 3.63) is 53.6 Å². The summed E-state index contributed by atoms with van der Waals surface area (Å²) in [7, 11) is -4.20. The molecule has 0 unspecified atom stereocenters. The molecule has 2 aromatic carbocycles. The van der Waals surface area contributed by atoms with Gasteiger partial charge in [-0.2, -0.15) is 13.2 Å². The van der Waals surface area contributed by atoms with Crippen LogP contribution in [0.2, 0.25) is 0 Å². The number of para-hydroxylation sites is 1. The Balaban J connectivity index is 1.47. The van der Waals surface area contributed by atoms with E-state index < -0.39 is 26.7 Å². The number of hydrogen-bond donors (Lipinski definition) is 1. The Kier molecular flexibility index (Phi) is 5.44. The highest BCUT2D eigenvalue weighted by molar-refractivity contribution is 7.89. The molecule has 0 amide bonds. The number of hydrogen-bond acceptors (Lipinski definition) is 4. The number of fused-ring (bicyclic) bond motifs is 1. The molecule has 0 spiro atoms. The number of nitrogens with zero attached hydrogens (tertiary/aromatic N) is 2. The van der Waals surface area contributed by atoms with E-state index in [9.17, 15) is 21.6 Å². The van der Waals surface area contributed by atoms with Crippen LogP contribution in [0.4, 0.5) is 24.5 Å². The van der Waals surface area contributed by atoms with Gasteiger partial charge in [0.05, 0.1) is 10.5 Å². The summed E-state index contributed by atoms with van der Waals surface area (Å²) in [5.74, 6) is 0.408. The van der Waals surface area contributed by atoms with Crippen LogP contribution < -0.4 is 14.9 Å². The zero-order chi connectivity index (χ0) is 21.5. The molecule has 0 saturated carbocycles. The van der Waals surface area contributed by atoms with E-state index in [2.05, 4.69) is 17.0 Å². The van der Waals surface area contributed by atoms with Crippen LogP contribution in [-0.2, 0) is 22.6 Å². The van der Waals surface area contributed by atoms with E-state index in [-0.39, 0.29) is 5.69 Å². The summed E-state index contributed by atoms with van der Waals surface area (Å²) in [6.45, 7) is 2.88. The Bertz CT molecular complexity index is 1030. The van der Waals surface area contributed by atoms with Gasteiger partial charge in [-0.3, -0.25) is 0 Å². The van der Waals surface area contributed by atoms with Gasteiger partial charge in [-0.15, -0.1) is 0 Å². The lowest BCUT2D eigenvalue weighted by molar-refractivity contribution is -0.137. The van der Waals surface area contributed by atoms with Gasteiger partial charge in [0.1, 0.15) is 0 Å². The molecule has 2 aliphatic heterocycles. The lowest BCUT2D eigenvalue weighted by Gasteiger charge is -2.37. The fraction of sp³-hybridized carbons (Fsp3) is 0.429. The second kappa shape index (κ2) is 7.77. The Labute approximate surface area is 174 Å². The molecule has 0 bridgehead atoms. The van der Waals surface area contributed by atoms with Gasteiger partial charge in [0.15, 0.2) is 0 Å². The Morgan fingerprint density at radius 3 is 2.37 bits per heavy atom. The van der Waals surface area contributed by atoms with Crippen molar-refractivity contribution < 1.29 is 21.6 Å². The van der Waals surface area contributed by atoms with Crippen LogP contribution >= 0.6 is 0 Å². The molecule has 0 atom stereocenters. The van der Waals surface area contributed by atoms with Gasteiger partial charge in [-0.25, -0.2) is 13.6 Å². The predicted molar refractivity (Wildman–Crippen MR) is 110 cm³/mol. The summed E-state index contributed by atoms with van der Waals surface area (Å²) in [6.07, 6.45) is -2.06. The van der Waals surface area contributed by atoms with Crippen molar-refractivity contribution in [2.75, 3.05) is 36.0 Å². The summed E-state index contributed by atoms with van der Waals surface area (Å²) < 4.78 is 63.7. The van der Waals surface area contributed by atoms with E-state index in [1.54, 1.807) is 4.90 Å². The van der Waals surface area contributed by atoms with Crippen molar-refractivity contribution in [1.29, 1.82) is 0 Å². The van der Waals surface area contributed by atoms with Crippen LogP contribution in [0.25, 0.3) is 0 Å². The molecule has 2 aliphatic rings. The van der Waals surface area contributed by atoms with Crippen molar-refractivity contribution in [1.82, 2.24) is 0 Å². The van der Waals surface area contributed by atoms with Crippen LogP contribution in [0.3, 0.4) is 0 Å². The molecule has 0 radical (unpaired) electrons. The third-order valence-corrected chi connectivity index (χ3v) is 6.93. The summed E-state index contributed by atoms with van der Waals surface area (Å²) in [4.78, 5) is 3.54. The van der Waals surface area contributed by atoms with Gasteiger partial charge in [0.2, 0.25) is 10.0 Å². The van der Waals surface area contributed by atoms with E-state index in [1.165, 1.54) is 17.3 Å². The average Bonchev–Trinajstić information content (AvgIpc) is 3.10. The van der Waals surface area contributed by atoms with E-state index in [1.807, 2.05) is 12.1 Å². The van der Waals surface area contributed by atoms with Crippen molar-refractivity contribution >= 4 is 21.4 Å². The maximum atomic E-state index is 13.6. The molecule has 2 aromatic rings. The number of piperidine rings is 1. The van der Waals surface area contributed by atoms with Crippen LogP contribution in [0.1, 0.15) is 24.0 Å². The van der Waals surface area contributed by atoms with Crippen molar-refractivity contribution in [3.8, 4) is 0 Å². The SMILES string of the molecule is NS(=O)(=O)c1ccc(N2CCC(CN3CCc4ccccc43)CC2)c(C(F)(F)F)c1. The molecule has 162 valence electrons. The van der Waals surface area contributed by atoms with Gasteiger partial charge < -0.3 is 9.80 Å². The number of nitrogens with two attached hydrogens (primary N) is 1. The highest BCUT2D eigenvalue weighted by Crippen LogP contribution is 2.39. The highest BCUT2D eigenvalue weighted by atomic mass is 32.2. The second-order valence-electron chi connectivity index (χ2n) is 7.98. The minimum absolute atomic E-state index is 0.0138. The van der Waals surface area contributed by atoms with Crippen LogP contribution in [0, 0.1) is 5.92 Å². The lowest BCUT2D eigenvalue weighted by Crippen LogP contribution is -2.39. The Morgan fingerprint density at radius 2 is 1.70 bits per heavy atom. The number of halogens is 3. The first-order valence-electron chi connectivity index (χ1n) is 9.95. The second-order valence-corrected chi connectivity index (χ2v) is 9.54. The molecular formula is C21H24F3N3O2S. The highest BCUT2D eigenvalue weighted by Gasteiger charge is 2.37. The maximum Gasteiger partial charge on any atom is 0.418 e. The first kappa shape index (κ1) is 21.0. The van der Waals surface area contributed by atoms with E-state index in [4.69, 9.17) is 5.14 Å².